The van der Waals surface area contributed by atoms with Crippen molar-refractivity contribution in [3.8, 4) is 22.4 Å². The summed E-state index contributed by atoms with van der Waals surface area (Å²) in [7, 11) is 3.97. The molecule has 0 fully saturated rings. The molecule has 4 aromatic rings. The molecule has 0 radical (unpaired) electrons. The maximum Gasteiger partial charge on any atom is 0.197 e. The third-order valence-electron chi connectivity index (χ3n) is 6.48. The van der Waals surface area contributed by atoms with E-state index in [9.17, 15) is 0 Å². The number of aromatic nitrogens is 2. The fraction of sp³-hybridized carbons (Fsp3) is 0.259. The van der Waals surface area contributed by atoms with Gasteiger partial charge in [0, 0.05) is 36.1 Å². The molecule has 0 atom stereocenters. The van der Waals surface area contributed by atoms with Gasteiger partial charge in [-0.25, -0.2) is 9.24 Å². The van der Waals surface area contributed by atoms with Crippen molar-refractivity contribution in [3.05, 3.63) is 82.0 Å². The zero-order valence-electron chi connectivity index (χ0n) is 19.1. The normalized spacial score (nSPS) is 13.8. The summed E-state index contributed by atoms with van der Waals surface area (Å²) in [5, 5.41) is 11.6. The van der Waals surface area contributed by atoms with E-state index in [1.165, 1.54) is 11.1 Å². The summed E-state index contributed by atoms with van der Waals surface area (Å²) in [6.07, 6.45) is 1.05. The Morgan fingerprint density at radius 2 is 2.03 bits per heavy atom. The van der Waals surface area contributed by atoms with Crippen LogP contribution >= 0.6 is 0 Å². The zero-order chi connectivity index (χ0) is 23.1. The van der Waals surface area contributed by atoms with Crippen LogP contribution in [0.25, 0.3) is 38.1 Å². The number of likely N-dealkylation sites (N-methyl/N-ethyl adjacent to an activating group) is 1. The first-order valence-corrected chi connectivity index (χ1v) is 11.1. The Morgan fingerprint density at radius 3 is 2.79 bits per heavy atom. The van der Waals surface area contributed by atoms with Crippen LogP contribution in [-0.2, 0) is 19.5 Å². The quantitative estimate of drug-likeness (QED) is 0.407. The Bertz CT molecular complexity index is 1390. The summed E-state index contributed by atoms with van der Waals surface area (Å²) >= 11 is 0. The molecule has 3 aromatic carbocycles. The first kappa shape index (κ1) is 21.3. The summed E-state index contributed by atoms with van der Waals surface area (Å²) in [6.45, 7) is 12.2. The van der Waals surface area contributed by atoms with Gasteiger partial charge in [0.1, 0.15) is 5.82 Å². The Kier molecular flexibility index (Phi) is 5.45. The van der Waals surface area contributed by atoms with E-state index in [4.69, 9.17) is 6.57 Å². The van der Waals surface area contributed by atoms with Gasteiger partial charge in [0.15, 0.2) is 5.69 Å². The lowest BCUT2D eigenvalue weighted by atomic mass is 9.93. The molecule has 0 bridgehead atoms. The number of rotatable bonds is 4. The summed E-state index contributed by atoms with van der Waals surface area (Å²) in [5.41, 5.74) is 8.50. The Labute approximate surface area is 193 Å². The lowest BCUT2D eigenvalue weighted by Gasteiger charge is -2.25. The number of hydrogen-bond donors (Lipinski definition) is 2. The summed E-state index contributed by atoms with van der Waals surface area (Å²) in [5.74, 6) is -0.314. The number of aryl methyl sites for hydroxylation is 1. The molecule has 5 nitrogen and oxygen atoms in total. The minimum atomic E-state index is -0.314. The molecule has 0 unspecified atom stereocenters. The number of fused-ring (bicyclic) bond motifs is 2. The monoisotopic (exact) mass is 439 g/mol. The third kappa shape index (κ3) is 3.80. The topological polar surface area (TPSA) is 48.3 Å². The minimum Gasteiger partial charge on any atom is -0.316 e. The highest BCUT2D eigenvalue weighted by Gasteiger charge is 2.20. The van der Waals surface area contributed by atoms with Gasteiger partial charge >= 0.3 is 0 Å². The molecular weight excluding hydrogens is 413 g/mol. The molecule has 0 spiro atoms. The van der Waals surface area contributed by atoms with Crippen molar-refractivity contribution in [2.75, 3.05) is 20.6 Å². The van der Waals surface area contributed by atoms with E-state index in [0.29, 0.717) is 23.4 Å². The molecule has 0 amide bonds. The Hall–Kier alpha value is -3.53. The third-order valence-corrected chi connectivity index (χ3v) is 6.48. The van der Waals surface area contributed by atoms with Gasteiger partial charge in [-0.3, -0.25) is 5.10 Å². The highest BCUT2D eigenvalue weighted by atomic mass is 19.1. The predicted molar refractivity (Wildman–Crippen MR) is 131 cm³/mol. The van der Waals surface area contributed by atoms with Gasteiger partial charge in [-0.05, 0) is 73.5 Å². The van der Waals surface area contributed by atoms with Gasteiger partial charge in [-0.1, -0.05) is 24.3 Å². The number of halogens is 1. The molecule has 1 aromatic heterocycles. The summed E-state index contributed by atoms with van der Waals surface area (Å²) in [6, 6.07) is 13.7. The van der Waals surface area contributed by atoms with E-state index < -0.39 is 0 Å². The number of nitrogens with zero attached hydrogens (tertiary/aromatic N) is 3. The van der Waals surface area contributed by atoms with Crippen molar-refractivity contribution in [3.63, 3.8) is 0 Å². The molecule has 1 aliphatic heterocycles. The van der Waals surface area contributed by atoms with E-state index in [-0.39, 0.29) is 5.82 Å². The van der Waals surface area contributed by atoms with Crippen LogP contribution in [0.1, 0.15) is 22.3 Å². The predicted octanol–water partition coefficient (Wildman–Crippen LogP) is 5.60. The SMILES string of the molecule is [C-]#[N+]c1cc2[nH]nc(-c3ccc4c(c3)CN(C)CC4)c2cc1-c1c(C)cc(CNC)cc1F. The van der Waals surface area contributed by atoms with Gasteiger partial charge in [0.05, 0.1) is 17.8 Å². The smallest absolute Gasteiger partial charge is 0.197 e. The number of H-pyrrole nitrogens is 1. The van der Waals surface area contributed by atoms with Crippen molar-refractivity contribution >= 4 is 16.6 Å². The summed E-state index contributed by atoms with van der Waals surface area (Å²) < 4.78 is 15.3. The average Bonchev–Trinajstić information content (AvgIpc) is 3.20. The highest BCUT2D eigenvalue weighted by molar-refractivity contribution is 6.00. The van der Waals surface area contributed by atoms with E-state index in [1.807, 2.05) is 26.1 Å². The van der Waals surface area contributed by atoms with Crippen LogP contribution in [0.2, 0.25) is 0 Å². The molecule has 0 saturated heterocycles. The number of hydrogen-bond acceptors (Lipinski definition) is 3. The molecule has 2 heterocycles. The van der Waals surface area contributed by atoms with Gasteiger partial charge < -0.3 is 10.2 Å². The van der Waals surface area contributed by atoms with Crippen LogP contribution in [0.4, 0.5) is 10.1 Å². The van der Waals surface area contributed by atoms with E-state index >= 15 is 4.39 Å². The largest absolute Gasteiger partial charge is 0.316 e. The molecule has 166 valence electrons. The lowest BCUT2D eigenvalue weighted by molar-refractivity contribution is 0.313. The van der Waals surface area contributed by atoms with Crippen LogP contribution in [0.5, 0.6) is 0 Å². The fourth-order valence-electron chi connectivity index (χ4n) is 4.87. The van der Waals surface area contributed by atoms with Crippen LogP contribution in [0.3, 0.4) is 0 Å². The van der Waals surface area contributed by atoms with Crippen molar-refractivity contribution < 1.29 is 4.39 Å². The fourth-order valence-corrected chi connectivity index (χ4v) is 4.87. The van der Waals surface area contributed by atoms with Gasteiger partial charge in [-0.15, -0.1) is 0 Å². The van der Waals surface area contributed by atoms with Crippen molar-refractivity contribution in [1.29, 1.82) is 0 Å². The van der Waals surface area contributed by atoms with E-state index in [2.05, 4.69) is 50.5 Å². The minimum absolute atomic E-state index is 0.314. The van der Waals surface area contributed by atoms with Gasteiger partial charge in [-0.2, -0.15) is 5.10 Å². The molecular formula is C27H26FN5. The van der Waals surface area contributed by atoms with Crippen molar-refractivity contribution in [2.45, 2.75) is 26.4 Å². The van der Waals surface area contributed by atoms with Crippen LogP contribution in [0.15, 0.2) is 42.5 Å². The van der Waals surface area contributed by atoms with E-state index in [1.54, 1.807) is 12.1 Å². The second-order valence-electron chi connectivity index (χ2n) is 8.87. The Balaban J connectivity index is 1.67. The standard InChI is InChI=1S/C27H26FN5/c1-16-9-17(14-29-2)10-23(28)26(16)21-12-22-25(13-24(21)30-3)31-32-27(22)19-6-5-18-7-8-33(4)15-20(18)11-19/h5-6,9-13,29H,7-8,14-15H2,1-2,4H3,(H,31,32). The van der Waals surface area contributed by atoms with Gasteiger partial charge in [0.2, 0.25) is 0 Å². The number of nitrogens with one attached hydrogen (secondary N) is 2. The highest BCUT2D eigenvalue weighted by Crippen LogP contribution is 2.40. The number of benzene rings is 3. The molecule has 6 heteroatoms. The second kappa shape index (κ2) is 8.43. The second-order valence-corrected chi connectivity index (χ2v) is 8.87. The maximum absolute atomic E-state index is 15.3. The van der Waals surface area contributed by atoms with Crippen LogP contribution in [0, 0.1) is 19.3 Å². The molecule has 0 aliphatic carbocycles. The molecule has 1 aliphatic rings. The average molecular weight is 440 g/mol. The molecule has 0 saturated carbocycles. The van der Waals surface area contributed by atoms with Gasteiger partial charge in [0.25, 0.3) is 0 Å². The van der Waals surface area contributed by atoms with Crippen LogP contribution < -0.4 is 5.32 Å². The molecule has 33 heavy (non-hydrogen) atoms. The van der Waals surface area contributed by atoms with Crippen molar-refractivity contribution in [1.82, 2.24) is 20.4 Å². The van der Waals surface area contributed by atoms with Crippen LogP contribution in [-0.4, -0.2) is 35.7 Å². The number of aromatic amines is 1. The molecule has 5 rings (SSSR count). The first-order valence-electron chi connectivity index (χ1n) is 11.1. The lowest BCUT2D eigenvalue weighted by Crippen LogP contribution is -2.26. The molecule has 2 N–H and O–H groups in total. The van der Waals surface area contributed by atoms with E-state index in [0.717, 1.165) is 52.8 Å². The van der Waals surface area contributed by atoms with Crippen molar-refractivity contribution in [2.24, 2.45) is 0 Å². The maximum atomic E-state index is 15.3. The Morgan fingerprint density at radius 1 is 1.18 bits per heavy atom. The first-order chi connectivity index (χ1) is 16.0. The summed E-state index contributed by atoms with van der Waals surface area (Å²) in [4.78, 5) is 6.02. The zero-order valence-corrected chi connectivity index (χ0v) is 19.1.